The Morgan fingerprint density at radius 3 is 2.39 bits per heavy atom. The van der Waals surface area contributed by atoms with Gasteiger partial charge >= 0.3 is 0 Å². The zero-order chi connectivity index (χ0) is 20.2. The van der Waals surface area contributed by atoms with Crippen LogP contribution in [0.15, 0.2) is 21.7 Å². The van der Waals surface area contributed by atoms with Gasteiger partial charge in [-0.15, -0.1) is 0 Å². The smallest absolute Gasteiger partial charge is 0.246 e. The number of halogens is 1. The van der Waals surface area contributed by atoms with Gasteiger partial charge in [-0.2, -0.15) is 5.10 Å². The van der Waals surface area contributed by atoms with Crippen LogP contribution in [-0.4, -0.2) is 26.3 Å². The van der Waals surface area contributed by atoms with E-state index in [2.05, 4.69) is 40.3 Å². The minimum Gasteiger partial charge on any atom is -0.493 e. The van der Waals surface area contributed by atoms with Gasteiger partial charge < -0.3 is 9.47 Å². The first-order valence-corrected chi connectivity index (χ1v) is 10.7. The van der Waals surface area contributed by atoms with Crippen molar-refractivity contribution in [2.75, 3.05) is 14.2 Å². The molecule has 2 atom stereocenters. The van der Waals surface area contributed by atoms with E-state index in [1.54, 1.807) is 20.4 Å². The largest absolute Gasteiger partial charge is 0.493 e. The molecule has 1 amide bonds. The number of carbonyl (C=O) groups excluding carboxylic acids is 1. The van der Waals surface area contributed by atoms with Gasteiger partial charge in [0.05, 0.1) is 30.3 Å². The summed E-state index contributed by atoms with van der Waals surface area (Å²) in [5, 5.41) is 4.27. The first kappa shape index (κ1) is 19.7. The molecule has 0 spiro atoms. The van der Waals surface area contributed by atoms with E-state index >= 15 is 0 Å². The van der Waals surface area contributed by atoms with E-state index < -0.39 is 0 Å². The molecule has 4 bridgehead atoms. The van der Waals surface area contributed by atoms with Crippen molar-refractivity contribution < 1.29 is 14.3 Å². The van der Waals surface area contributed by atoms with Crippen molar-refractivity contribution in [3.63, 3.8) is 0 Å². The third-order valence-corrected chi connectivity index (χ3v) is 7.53. The molecule has 4 aliphatic rings. The number of nitrogens with zero attached hydrogens (tertiary/aromatic N) is 1. The maximum absolute atomic E-state index is 13.2. The maximum atomic E-state index is 13.2. The monoisotopic (exact) mass is 448 g/mol. The number of hydrogen-bond acceptors (Lipinski definition) is 4. The number of hydrogen-bond donors (Lipinski definition) is 1. The van der Waals surface area contributed by atoms with Gasteiger partial charge in [0.2, 0.25) is 5.91 Å². The van der Waals surface area contributed by atoms with Gasteiger partial charge in [0.1, 0.15) is 0 Å². The van der Waals surface area contributed by atoms with E-state index in [-0.39, 0.29) is 11.3 Å². The third-order valence-electron chi connectivity index (χ3n) is 6.94. The molecule has 4 aliphatic carbocycles. The Labute approximate surface area is 175 Å². The van der Waals surface area contributed by atoms with Crippen LogP contribution < -0.4 is 14.9 Å². The van der Waals surface area contributed by atoms with Gasteiger partial charge in [0, 0.05) is 0 Å². The Balaban J connectivity index is 1.50. The van der Waals surface area contributed by atoms with Crippen LogP contribution in [0.25, 0.3) is 0 Å². The zero-order valence-corrected chi connectivity index (χ0v) is 18.7. The molecular formula is C22H29BrN2O3. The number of methoxy groups -OCH3 is 2. The second-order valence-corrected chi connectivity index (χ2v) is 10.7. The lowest BCUT2D eigenvalue weighted by molar-refractivity contribution is -0.170. The molecule has 1 aromatic carbocycles. The molecule has 2 unspecified atom stereocenters. The van der Waals surface area contributed by atoms with Crippen LogP contribution in [0, 0.1) is 22.2 Å². The van der Waals surface area contributed by atoms with Crippen LogP contribution in [0.4, 0.5) is 0 Å². The molecular weight excluding hydrogens is 420 g/mol. The summed E-state index contributed by atoms with van der Waals surface area (Å²) in [7, 11) is 3.20. The van der Waals surface area contributed by atoms with Gasteiger partial charge in [0.15, 0.2) is 11.5 Å². The Kier molecular flexibility index (Phi) is 4.76. The topological polar surface area (TPSA) is 59.9 Å². The fraction of sp³-hybridized carbons (Fsp3) is 0.636. The Bertz CT molecular complexity index is 819. The lowest BCUT2D eigenvalue weighted by Gasteiger charge is -2.64. The van der Waals surface area contributed by atoms with Crippen LogP contribution >= 0.6 is 15.9 Å². The highest BCUT2D eigenvalue weighted by molar-refractivity contribution is 9.10. The number of amides is 1. The SMILES string of the molecule is COc1cc(/C=N/NC(=O)C23CC4CC(C)(CC(C)(C4)C2)C3)cc(Br)c1OC. The number of hydrazone groups is 1. The quantitative estimate of drug-likeness (QED) is 0.513. The van der Waals surface area contributed by atoms with Crippen molar-refractivity contribution in [1.82, 2.24) is 5.43 Å². The number of rotatable bonds is 5. The van der Waals surface area contributed by atoms with E-state index in [1.165, 1.54) is 19.3 Å². The molecule has 6 heteroatoms. The average Bonchev–Trinajstić information content (AvgIpc) is 2.58. The van der Waals surface area contributed by atoms with Crippen molar-refractivity contribution in [2.24, 2.45) is 27.3 Å². The summed E-state index contributed by atoms with van der Waals surface area (Å²) in [5.41, 5.74) is 4.05. The van der Waals surface area contributed by atoms with Crippen molar-refractivity contribution in [1.29, 1.82) is 0 Å². The van der Waals surface area contributed by atoms with E-state index in [0.717, 1.165) is 29.3 Å². The minimum absolute atomic E-state index is 0.0878. The van der Waals surface area contributed by atoms with Crippen molar-refractivity contribution >= 4 is 28.1 Å². The molecule has 0 radical (unpaired) electrons. The zero-order valence-electron chi connectivity index (χ0n) is 17.1. The van der Waals surface area contributed by atoms with Gasteiger partial charge in [-0.05, 0) is 88.9 Å². The standard InChI is InChI=1S/C22H29BrN2O3/c1-20-7-15-8-21(2,11-20)13-22(9-15,12-20)19(26)25-24-10-14-5-16(23)18(28-4)17(6-14)27-3/h5-6,10,15H,7-9,11-13H2,1-4H3,(H,25,26)/b24-10+. The summed E-state index contributed by atoms with van der Waals surface area (Å²) in [6, 6.07) is 3.73. The lowest BCUT2D eigenvalue weighted by Crippen LogP contribution is -2.59. The predicted molar refractivity (Wildman–Crippen MR) is 113 cm³/mol. The molecule has 4 fully saturated rings. The van der Waals surface area contributed by atoms with Crippen molar-refractivity contribution in [2.45, 2.75) is 52.4 Å². The number of benzene rings is 1. The van der Waals surface area contributed by atoms with Crippen LogP contribution in [0.2, 0.25) is 0 Å². The first-order chi connectivity index (χ1) is 13.2. The highest BCUT2D eigenvalue weighted by Crippen LogP contribution is 2.69. The Morgan fingerprint density at radius 2 is 1.82 bits per heavy atom. The van der Waals surface area contributed by atoms with E-state index in [4.69, 9.17) is 9.47 Å². The van der Waals surface area contributed by atoms with Crippen molar-refractivity contribution in [3.8, 4) is 11.5 Å². The molecule has 0 aliphatic heterocycles. The molecule has 1 N–H and O–H groups in total. The summed E-state index contributed by atoms with van der Waals surface area (Å²) in [5.74, 6) is 2.03. The molecule has 5 nitrogen and oxygen atoms in total. The fourth-order valence-electron chi connectivity index (χ4n) is 7.00. The summed E-state index contributed by atoms with van der Waals surface area (Å²) < 4.78 is 11.5. The van der Waals surface area contributed by atoms with Crippen LogP contribution in [-0.2, 0) is 4.79 Å². The summed E-state index contributed by atoms with van der Waals surface area (Å²) in [6.07, 6.45) is 8.48. The molecule has 4 saturated carbocycles. The first-order valence-electron chi connectivity index (χ1n) is 9.95. The molecule has 0 heterocycles. The fourth-order valence-corrected chi connectivity index (χ4v) is 7.62. The second-order valence-electron chi connectivity index (χ2n) is 9.85. The normalized spacial score (nSPS) is 36.0. The third kappa shape index (κ3) is 3.34. The molecule has 0 aromatic heterocycles. The highest BCUT2D eigenvalue weighted by atomic mass is 79.9. The van der Waals surface area contributed by atoms with Crippen molar-refractivity contribution in [3.05, 3.63) is 22.2 Å². The molecule has 28 heavy (non-hydrogen) atoms. The van der Waals surface area contributed by atoms with Crippen LogP contribution in [0.1, 0.15) is 57.9 Å². The second kappa shape index (κ2) is 6.75. The Morgan fingerprint density at radius 1 is 1.14 bits per heavy atom. The molecule has 152 valence electrons. The summed E-state index contributed by atoms with van der Waals surface area (Å²) >= 11 is 3.49. The molecule has 0 saturated heterocycles. The van der Waals surface area contributed by atoms with Crippen LogP contribution in [0.3, 0.4) is 0 Å². The minimum atomic E-state index is -0.252. The number of nitrogens with one attached hydrogen (secondary N) is 1. The highest BCUT2D eigenvalue weighted by Gasteiger charge is 2.62. The van der Waals surface area contributed by atoms with E-state index in [9.17, 15) is 4.79 Å². The van der Waals surface area contributed by atoms with Crippen LogP contribution in [0.5, 0.6) is 11.5 Å². The molecule has 1 aromatic rings. The lowest BCUT2D eigenvalue weighted by atomic mass is 9.40. The molecule has 5 rings (SSSR count). The average molecular weight is 449 g/mol. The number of ether oxygens (including phenoxy) is 2. The van der Waals surface area contributed by atoms with Gasteiger partial charge in [-0.25, -0.2) is 5.43 Å². The Hall–Kier alpha value is -1.56. The maximum Gasteiger partial charge on any atom is 0.246 e. The summed E-state index contributed by atoms with van der Waals surface area (Å²) in [4.78, 5) is 13.2. The van der Waals surface area contributed by atoms with Gasteiger partial charge in [0.25, 0.3) is 0 Å². The van der Waals surface area contributed by atoms with E-state index in [1.807, 2.05) is 12.1 Å². The van der Waals surface area contributed by atoms with Gasteiger partial charge in [-0.3, -0.25) is 4.79 Å². The van der Waals surface area contributed by atoms with E-state index in [0.29, 0.717) is 28.2 Å². The predicted octanol–water partition coefficient (Wildman–Crippen LogP) is 4.91. The number of carbonyl (C=O) groups is 1. The van der Waals surface area contributed by atoms with Gasteiger partial charge in [-0.1, -0.05) is 13.8 Å². The summed E-state index contributed by atoms with van der Waals surface area (Å²) in [6.45, 7) is 4.75.